The largest absolute Gasteiger partial charge is 0.493 e. The molecule has 0 saturated carbocycles. The third-order valence-corrected chi connectivity index (χ3v) is 5.29. The van der Waals surface area contributed by atoms with Crippen LogP contribution in [0.1, 0.15) is 18.1 Å². The minimum Gasteiger partial charge on any atom is -0.493 e. The van der Waals surface area contributed by atoms with Gasteiger partial charge in [-0.2, -0.15) is 0 Å². The lowest BCUT2D eigenvalue weighted by Crippen LogP contribution is -2.31. The van der Waals surface area contributed by atoms with Crippen molar-refractivity contribution in [3.8, 4) is 11.5 Å². The average molecular weight is 401 g/mol. The first-order chi connectivity index (χ1) is 13.5. The van der Waals surface area contributed by atoms with Crippen molar-refractivity contribution in [1.82, 2.24) is 4.90 Å². The maximum atomic E-state index is 13.3. The molecule has 2 aromatic rings. The minimum atomic E-state index is -0.395. The van der Waals surface area contributed by atoms with Gasteiger partial charge in [-0.15, -0.1) is 11.8 Å². The Balaban J connectivity index is 1.94. The van der Waals surface area contributed by atoms with Crippen molar-refractivity contribution in [2.24, 2.45) is 0 Å². The Kier molecular flexibility index (Phi) is 6.04. The van der Waals surface area contributed by atoms with Crippen LogP contribution in [0.2, 0.25) is 0 Å². The van der Waals surface area contributed by atoms with E-state index in [1.54, 1.807) is 18.2 Å². The van der Waals surface area contributed by atoms with E-state index >= 15 is 0 Å². The van der Waals surface area contributed by atoms with Crippen molar-refractivity contribution in [3.05, 3.63) is 64.3 Å². The molecule has 0 atom stereocenters. The number of carbonyl (C=O) groups excluding carboxylic acids is 2. The maximum absolute atomic E-state index is 13.3. The molecule has 1 aliphatic heterocycles. The third-order valence-electron chi connectivity index (χ3n) is 4.34. The molecule has 2 aromatic carbocycles. The van der Waals surface area contributed by atoms with Gasteiger partial charge in [0.05, 0.1) is 31.2 Å². The number of rotatable bonds is 7. The van der Waals surface area contributed by atoms with E-state index in [1.807, 2.05) is 6.92 Å². The lowest BCUT2D eigenvalue weighted by molar-refractivity contribution is -0.137. The number of halogens is 1. The van der Waals surface area contributed by atoms with Crippen LogP contribution in [-0.4, -0.2) is 36.7 Å². The molecule has 0 fully saturated rings. The van der Waals surface area contributed by atoms with E-state index in [0.717, 1.165) is 5.56 Å². The molecule has 0 spiro atoms. The van der Waals surface area contributed by atoms with Crippen molar-refractivity contribution in [2.75, 3.05) is 20.0 Å². The van der Waals surface area contributed by atoms with Crippen LogP contribution < -0.4 is 9.47 Å². The first-order valence-electron chi connectivity index (χ1n) is 8.70. The first kappa shape index (κ1) is 19.9. The number of carbonyl (C=O) groups is 2. The average Bonchev–Trinajstić information content (AvgIpc) is 2.93. The highest BCUT2D eigenvalue weighted by molar-refractivity contribution is 8.04. The Morgan fingerprint density at radius 2 is 1.64 bits per heavy atom. The smallest absolute Gasteiger partial charge is 0.268 e. The zero-order chi connectivity index (χ0) is 20.3. The van der Waals surface area contributed by atoms with E-state index in [-0.39, 0.29) is 18.4 Å². The molecule has 146 valence electrons. The van der Waals surface area contributed by atoms with Crippen molar-refractivity contribution < 1.29 is 23.5 Å². The summed E-state index contributed by atoms with van der Waals surface area (Å²) in [7, 11) is 3.07. The van der Waals surface area contributed by atoms with E-state index in [9.17, 15) is 14.0 Å². The lowest BCUT2D eigenvalue weighted by Gasteiger charge is -2.16. The molecule has 0 N–H and O–H groups in total. The summed E-state index contributed by atoms with van der Waals surface area (Å²) in [6, 6.07) is 10.9. The molecular formula is C21H20FNO4S. The van der Waals surface area contributed by atoms with Crippen molar-refractivity contribution in [1.29, 1.82) is 0 Å². The highest BCUT2D eigenvalue weighted by Crippen LogP contribution is 2.37. The third kappa shape index (κ3) is 3.75. The molecule has 0 bridgehead atoms. The Bertz CT molecular complexity index is 940. The molecule has 1 aliphatic rings. The minimum absolute atomic E-state index is 0.108. The van der Waals surface area contributed by atoms with Gasteiger partial charge in [0.25, 0.3) is 11.8 Å². The normalized spacial score (nSPS) is 14.1. The molecule has 7 heteroatoms. The van der Waals surface area contributed by atoms with Gasteiger partial charge in [0.15, 0.2) is 11.5 Å². The van der Waals surface area contributed by atoms with Gasteiger partial charge in [0, 0.05) is 0 Å². The van der Waals surface area contributed by atoms with Crippen LogP contribution in [0.5, 0.6) is 11.5 Å². The van der Waals surface area contributed by atoms with Crippen LogP contribution in [0.3, 0.4) is 0 Å². The van der Waals surface area contributed by atoms with Gasteiger partial charge in [0.1, 0.15) is 5.82 Å². The van der Waals surface area contributed by atoms with E-state index in [2.05, 4.69) is 0 Å². The van der Waals surface area contributed by atoms with Crippen molar-refractivity contribution >= 4 is 29.1 Å². The molecule has 1 heterocycles. The fourth-order valence-corrected chi connectivity index (χ4v) is 3.88. The van der Waals surface area contributed by atoms with Crippen molar-refractivity contribution in [3.63, 3.8) is 0 Å². The summed E-state index contributed by atoms with van der Waals surface area (Å²) < 4.78 is 23.8. The van der Waals surface area contributed by atoms with Gasteiger partial charge in [-0.25, -0.2) is 4.39 Å². The predicted molar refractivity (Wildman–Crippen MR) is 107 cm³/mol. The van der Waals surface area contributed by atoms with Gasteiger partial charge in [-0.3, -0.25) is 14.5 Å². The molecule has 0 aliphatic carbocycles. The summed E-state index contributed by atoms with van der Waals surface area (Å²) in [5, 5.41) is 0. The van der Waals surface area contributed by atoms with Gasteiger partial charge in [-0.1, -0.05) is 25.1 Å². The second-order valence-corrected chi connectivity index (χ2v) is 7.30. The van der Waals surface area contributed by atoms with Crippen LogP contribution >= 0.6 is 11.8 Å². The Labute approximate surface area is 167 Å². The van der Waals surface area contributed by atoms with Crippen LogP contribution in [0.15, 0.2) is 47.4 Å². The summed E-state index contributed by atoms with van der Waals surface area (Å²) in [4.78, 5) is 27.6. The van der Waals surface area contributed by atoms with Crippen LogP contribution in [0, 0.1) is 5.82 Å². The predicted octanol–water partition coefficient (Wildman–Crippen LogP) is 3.88. The number of nitrogens with zero attached hydrogens (tertiary/aromatic N) is 1. The second-order valence-electron chi connectivity index (χ2n) is 6.03. The number of ether oxygens (including phenoxy) is 2. The maximum Gasteiger partial charge on any atom is 0.268 e. The van der Waals surface area contributed by atoms with E-state index in [1.165, 1.54) is 55.1 Å². The monoisotopic (exact) mass is 401 g/mol. The molecule has 0 unspecified atom stereocenters. The summed E-state index contributed by atoms with van der Waals surface area (Å²) in [6.45, 7) is 2.02. The Hall–Kier alpha value is -2.80. The summed E-state index contributed by atoms with van der Waals surface area (Å²) in [6.07, 6.45) is 0. The Morgan fingerprint density at radius 1 is 0.964 bits per heavy atom. The van der Waals surface area contributed by atoms with Gasteiger partial charge < -0.3 is 9.47 Å². The molecule has 2 amide bonds. The number of methoxy groups -OCH3 is 2. The Morgan fingerprint density at radius 3 is 2.25 bits per heavy atom. The number of hydrogen-bond donors (Lipinski definition) is 0. The molecular weight excluding hydrogens is 381 g/mol. The molecule has 3 rings (SSSR count). The topological polar surface area (TPSA) is 55.8 Å². The summed E-state index contributed by atoms with van der Waals surface area (Å²) in [5.41, 5.74) is 1.59. The quantitative estimate of drug-likeness (QED) is 0.659. The lowest BCUT2D eigenvalue weighted by atomic mass is 10.1. The van der Waals surface area contributed by atoms with E-state index < -0.39 is 5.82 Å². The number of thioether (sulfide) groups is 1. The van der Waals surface area contributed by atoms with Crippen molar-refractivity contribution in [2.45, 2.75) is 13.5 Å². The second kappa shape index (κ2) is 8.48. The summed E-state index contributed by atoms with van der Waals surface area (Å²) >= 11 is 1.32. The van der Waals surface area contributed by atoms with Crippen LogP contribution in [0.25, 0.3) is 5.57 Å². The zero-order valence-corrected chi connectivity index (χ0v) is 16.6. The molecule has 28 heavy (non-hydrogen) atoms. The fourth-order valence-electron chi connectivity index (χ4n) is 3.01. The number of amides is 2. The molecule has 0 saturated heterocycles. The first-order valence-corrected chi connectivity index (χ1v) is 9.68. The van der Waals surface area contributed by atoms with E-state index in [0.29, 0.717) is 33.3 Å². The fraction of sp³-hybridized carbons (Fsp3) is 0.238. The highest BCUT2D eigenvalue weighted by Gasteiger charge is 2.39. The summed E-state index contributed by atoms with van der Waals surface area (Å²) in [5.74, 6) is 0.608. The molecule has 0 radical (unpaired) electrons. The number of imide groups is 1. The number of benzene rings is 2. The zero-order valence-electron chi connectivity index (χ0n) is 15.8. The van der Waals surface area contributed by atoms with Gasteiger partial charge in [-0.05, 0) is 41.1 Å². The number of hydrogen-bond acceptors (Lipinski definition) is 5. The van der Waals surface area contributed by atoms with Crippen LogP contribution in [-0.2, 0) is 16.1 Å². The van der Waals surface area contributed by atoms with E-state index in [4.69, 9.17) is 9.47 Å². The van der Waals surface area contributed by atoms with Crippen LogP contribution in [0.4, 0.5) is 4.39 Å². The highest BCUT2D eigenvalue weighted by atomic mass is 32.2. The van der Waals surface area contributed by atoms with Gasteiger partial charge >= 0.3 is 0 Å². The molecule has 5 nitrogen and oxygen atoms in total. The molecule has 0 aromatic heterocycles. The SMILES string of the molecule is CCSC1=C(c2ccc(F)cc2)C(=O)N(Cc2ccc(OC)c(OC)c2)C1=O. The standard InChI is InChI=1S/C21H20FNO4S/c1-4-28-19-18(14-6-8-15(22)9-7-14)20(24)23(21(19)25)12-13-5-10-16(26-2)17(11-13)27-3/h5-11H,4,12H2,1-3H3. The van der Waals surface area contributed by atoms with Gasteiger partial charge in [0.2, 0.25) is 0 Å².